The standard InChI is InChI=1S/C17H18FN.ClH/c1-11-9-13(7-8-16(11)18)17(19)15-10-14(15)12-5-3-2-4-6-12;/h2-9,14-15,17H,10,19H2,1H3;1H. The fraction of sp³-hybridized carbons (Fsp3) is 0.294. The Hall–Kier alpha value is -1.38. The van der Waals surface area contributed by atoms with E-state index in [-0.39, 0.29) is 24.3 Å². The van der Waals surface area contributed by atoms with Gasteiger partial charge < -0.3 is 5.73 Å². The van der Waals surface area contributed by atoms with Gasteiger partial charge in [-0.05, 0) is 47.9 Å². The summed E-state index contributed by atoms with van der Waals surface area (Å²) in [5.74, 6) is 0.875. The zero-order valence-corrected chi connectivity index (χ0v) is 12.2. The van der Waals surface area contributed by atoms with Gasteiger partial charge in [-0.25, -0.2) is 4.39 Å². The molecule has 3 heteroatoms. The molecule has 106 valence electrons. The average Bonchev–Trinajstić information content (AvgIpc) is 3.22. The van der Waals surface area contributed by atoms with Gasteiger partial charge in [0.2, 0.25) is 0 Å². The van der Waals surface area contributed by atoms with Crippen molar-refractivity contribution in [2.24, 2.45) is 11.7 Å². The smallest absolute Gasteiger partial charge is 0.126 e. The Labute approximate surface area is 125 Å². The van der Waals surface area contributed by atoms with E-state index < -0.39 is 0 Å². The molecule has 0 bridgehead atoms. The lowest BCUT2D eigenvalue weighted by Gasteiger charge is -2.13. The molecule has 1 aliphatic carbocycles. The Morgan fingerprint density at radius 1 is 1.15 bits per heavy atom. The summed E-state index contributed by atoms with van der Waals surface area (Å²) in [6.45, 7) is 1.78. The molecule has 3 atom stereocenters. The molecule has 0 amide bonds. The molecule has 0 spiro atoms. The van der Waals surface area contributed by atoms with E-state index in [1.165, 1.54) is 11.6 Å². The highest BCUT2D eigenvalue weighted by Gasteiger charge is 2.42. The van der Waals surface area contributed by atoms with Crippen molar-refractivity contribution in [1.29, 1.82) is 0 Å². The van der Waals surface area contributed by atoms with Gasteiger partial charge in [-0.1, -0.05) is 42.5 Å². The third-order valence-corrected chi connectivity index (χ3v) is 4.10. The first kappa shape index (κ1) is 15.0. The van der Waals surface area contributed by atoms with Crippen molar-refractivity contribution in [1.82, 2.24) is 0 Å². The molecule has 2 N–H and O–H groups in total. The van der Waals surface area contributed by atoms with Gasteiger partial charge in [0.25, 0.3) is 0 Å². The first-order chi connectivity index (χ1) is 9.16. The van der Waals surface area contributed by atoms with Crippen LogP contribution in [0.15, 0.2) is 48.5 Å². The van der Waals surface area contributed by atoms with E-state index in [2.05, 4.69) is 24.3 Å². The monoisotopic (exact) mass is 291 g/mol. The maximum atomic E-state index is 13.3. The van der Waals surface area contributed by atoms with Crippen LogP contribution in [0.5, 0.6) is 0 Å². The Balaban J connectivity index is 0.00000147. The molecule has 0 aromatic heterocycles. The number of benzene rings is 2. The molecule has 20 heavy (non-hydrogen) atoms. The molecule has 1 nitrogen and oxygen atoms in total. The summed E-state index contributed by atoms with van der Waals surface area (Å²) in [4.78, 5) is 0. The van der Waals surface area contributed by atoms with E-state index in [0.29, 0.717) is 17.4 Å². The van der Waals surface area contributed by atoms with Crippen LogP contribution in [0.1, 0.15) is 35.1 Å². The number of nitrogens with two attached hydrogens (primary N) is 1. The van der Waals surface area contributed by atoms with Crippen molar-refractivity contribution in [2.75, 3.05) is 0 Å². The Morgan fingerprint density at radius 3 is 2.50 bits per heavy atom. The van der Waals surface area contributed by atoms with Crippen molar-refractivity contribution < 1.29 is 4.39 Å². The summed E-state index contributed by atoms with van der Waals surface area (Å²) in [7, 11) is 0. The summed E-state index contributed by atoms with van der Waals surface area (Å²) in [5.41, 5.74) is 9.40. The van der Waals surface area contributed by atoms with E-state index in [9.17, 15) is 4.39 Å². The van der Waals surface area contributed by atoms with Gasteiger partial charge in [0.15, 0.2) is 0 Å². The summed E-state index contributed by atoms with van der Waals surface area (Å²) in [6.07, 6.45) is 1.13. The SMILES string of the molecule is Cc1cc(C(N)C2CC2c2ccccc2)ccc1F.Cl. The van der Waals surface area contributed by atoms with E-state index >= 15 is 0 Å². The second-order valence-corrected chi connectivity index (χ2v) is 5.45. The predicted octanol–water partition coefficient (Wildman–Crippen LogP) is 4.36. The zero-order chi connectivity index (χ0) is 13.4. The minimum Gasteiger partial charge on any atom is -0.324 e. The molecule has 3 rings (SSSR count). The molecule has 2 aromatic carbocycles. The van der Waals surface area contributed by atoms with Crippen LogP contribution in [0.4, 0.5) is 4.39 Å². The van der Waals surface area contributed by atoms with Gasteiger partial charge >= 0.3 is 0 Å². The van der Waals surface area contributed by atoms with Crippen LogP contribution in [0, 0.1) is 18.7 Å². The van der Waals surface area contributed by atoms with Gasteiger partial charge in [-0.3, -0.25) is 0 Å². The minimum atomic E-state index is -0.161. The van der Waals surface area contributed by atoms with Crippen molar-refractivity contribution in [2.45, 2.75) is 25.3 Å². The maximum absolute atomic E-state index is 13.3. The van der Waals surface area contributed by atoms with Crippen LogP contribution in [0.3, 0.4) is 0 Å². The number of hydrogen-bond donors (Lipinski definition) is 1. The molecular weight excluding hydrogens is 273 g/mol. The molecular formula is C17H19ClFN. The van der Waals surface area contributed by atoms with Crippen LogP contribution >= 0.6 is 12.4 Å². The van der Waals surface area contributed by atoms with Gasteiger partial charge in [0.05, 0.1) is 0 Å². The third kappa shape index (κ3) is 2.87. The fourth-order valence-electron chi connectivity index (χ4n) is 2.82. The molecule has 0 saturated heterocycles. The zero-order valence-electron chi connectivity index (χ0n) is 11.4. The Morgan fingerprint density at radius 2 is 1.85 bits per heavy atom. The molecule has 0 heterocycles. The van der Waals surface area contributed by atoms with Gasteiger partial charge in [-0.15, -0.1) is 12.4 Å². The van der Waals surface area contributed by atoms with Crippen molar-refractivity contribution in [3.8, 4) is 0 Å². The topological polar surface area (TPSA) is 26.0 Å². The van der Waals surface area contributed by atoms with Crippen LogP contribution < -0.4 is 5.73 Å². The van der Waals surface area contributed by atoms with E-state index in [1.807, 2.05) is 18.2 Å². The van der Waals surface area contributed by atoms with Gasteiger partial charge in [-0.2, -0.15) is 0 Å². The molecule has 1 aliphatic rings. The highest BCUT2D eigenvalue weighted by molar-refractivity contribution is 5.85. The van der Waals surface area contributed by atoms with Crippen LogP contribution in [0.25, 0.3) is 0 Å². The molecule has 0 radical (unpaired) electrons. The Bertz CT molecular complexity index is 585. The van der Waals surface area contributed by atoms with Crippen molar-refractivity contribution in [3.05, 3.63) is 71.0 Å². The first-order valence-electron chi connectivity index (χ1n) is 6.73. The second-order valence-electron chi connectivity index (χ2n) is 5.45. The lowest BCUT2D eigenvalue weighted by molar-refractivity contribution is 0.598. The van der Waals surface area contributed by atoms with Crippen molar-refractivity contribution in [3.63, 3.8) is 0 Å². The summed E-state index contributed by atoms with van der Waals surface area (Å²) < 4.78 is 13.3. The highest BCUT2D eigenvalue weighted by Crippen LogP contribution is 2.53. The predicted molar refractivity (Wildman–Crippen MR) is 82.6 cm³/mol. The Kier molecular flexibility index (Phi) is 4.46. The van der Waals surface area contributed by atoms with Crippen molar-refractivity contribution >= 4 is 12.4 Å². The second kappa shape index (κ2) is 5.94. The normalized spacial score (nSPS) is 21.9. The summed E-state index contributed by atoms with van der Waals surface area (Å²) >= 11 is 0. The molecule has 3 unspecified atom stereocenters. The number of halogens is 2. The summed E-state index contributed by atoms with van der Waals surface area (Å²) in [5, 5.41) is 0. The minimum absolute atomic E-state index is 0. The fourth-order valence-corrected chi connectivity index (χ4v) is 2.82. The summed E-state index contributed by atoms with van der Waals surface area (Å²) in [6, 6.07) is 15.7. The average molecular weight is 292 g/mol. The van der Waals surface area contributed by atoms with Gasteiger partial charge in [0.1, 0.15) is 5.82 Å². The number of aryl methyl sites for hydroxylation is 1. The maximum Gasteiger partial charge on any atom is 0.126 e. The quantitative estimate of drug-likeness (QED) is 0.893. The lowest BCUT2D eigenvalue weighted by atomic mass is 9.98. The third-order valence-electron chi connectivity index (χ3n) is 4.10. The highest BCUT2D eigenvalue weighted by atomic mass is 35.5. The van der Waals surface area contributed by atoms with E-state index in [4.69, 9.17) is 5.73 Å². The number of rotatable bonds is 3. The van der Waals surface area contributed by atoms with Crippen LogP contribution in [0.2, 0.25) is 0 Å². The van der Waals surface area contributed by atoms with E-state index in [1.54, 1.807) is 6.92 Å². The van der Waals surface area contributed by atoms with Crippen LogP contribution in [-0.2, 0) is 0 Å². The molecule has 2 aromatic rings. The molecule has 0 aliphatic heterocycles. The first-order valence-corrected chi connectivity index (χ1v) is 6.73. The van der Waals surface area contributed by atoms with Crippen LogP contribution in [-0.4, -0.2) is 0 Å². The largest absolute Gasteiger partial charge is 0.324 e. The molecule has 1 saturated carbocycles. The lowest BCUT2D eigenvalue weighted by Crippen LogP contribution is -2.13. The number of hydrogen-bond acceptors (Lipinski definition) is 1. The van der Waals surface area contributed by atoms with Gasteiger partial charge in [0, 0.05) is 6.04 Å². The molecule has 1 fully saturated rings. The van der Waals surface area contributed by atoms with E-state index in [0.717, 1.165) is 12.0 Å².